The summed E-state index contributed by atoms with van der Waals surface area (Å²) in [5.41, 5.74) is 2.36. The Kier molecular flexibility index (Phi) is 5.38. The Bertz CT molecular complexity index is 810. The molecule has 0 radical (unpaired) electrons. The van der Waals surface area contributed by atoms with E-state index >= 15 is 0 Å². The second-order valence-electron chi connectivity index (χ2n) is 7.16. The molecule has 0 bridgehead atoms. The summed E-state index contributed by atoms with van der Waals surface area (Å²) >= 11 is 0. The van der Waals surface area contributed by atoms with Gasteiger partial charge in [0.05, 0.1) is 12.7 Å². The lowest BCUT2D eigenvalue weighted by Gasteiger charge is -2.36. The largest absolute Gasteiger partial charge is 0.365 e. The van der Waals surface area contributed by atoms with Crippen molar-refractivity contribution in [1.82, 2.24) is 0 Å². The zero-order valence-electron chi connectivity index (χ0n) is 16.0. The normalized spacial score (nSPS) is 19.7. The first-order valence-electron chi connectivity index (χ1n) is 9.69. The molecule has 0 saturated carbocycles. The molecule has 0 aromatic heterocycles. The third-order valence-electron chi connectivity index (χ3n) is 5.31. The Labute approximate surface area is 165 Å². The van der Waals surface area contributed by atoms with Gasteiger partial charge in [0.1, 0.15) is 11.7 Å². The van der Waals surface area contributed by atoms with Crippen molar-refractivity contribution in [2.24, 2.45) is 0 Å². The predicted molar refractivity (Wildman–Crippen MR) is 109 cm³/mol. The van der Waals surface area contributed by atoms with Crippen LogP contribution in [0.25, 0.3) is 0 Å². The maximum Gasteiger partial charge on any atom is 0.163 e. The van der Waals surface area contributed by atoms with Crippen molar-refractivity contribution in [2.45, 2.75) is 31.2 Å². The van der Waals surface area contributed by atoms with E-state index < -0.39 is 5.60 Å². The van der Waals surface area contributed by atoms with Crippen LogP contribution in [0.15, 0.2) is 91.0 Å². The molecule has 3 heteroatoms. The van der Waals surface area contributed by atoms with Crippen molar-refractivity contribution in [3.8, 4) is 0 Å². The van der Waals surface area contributed by atoms with Gasteiger partial charge in [-0.15, -0.1) is 0 Å². The highest BCUT2D eigenvalue weighted by Crippen LogP contribution is 2.40. The Morgan fingerprint density at radius 3 is 1.61 bits per heavy atom. The number of hydrogen-bond donors (Lipinski definition) is 0. The SMILES string of the molecule is C[C@@H]1O[C@H](COC(c2ccccc2)(c2ccccc2)c2ccccc2)CC1=O. The van der Waals surface area contributed by atoms with Crippen molar-refractivity contribution in [3.63, 3.8) is 0 Å². The van der Waals surface area contributed by atoms with Crippen LogP contribution in [0.4, 0.5) is 0 Å². The number of Topliss-reactive ketones (excluding diaryl/α,β-unsaturated/α-hetero) is 1. The molecule has 1 aliphatic heterocycles. The standard InChI is InChI=1S/C25H24O3/c1-19-24(26)17-23(28-19)18-27-25(20-11-5-2-6-12-20,21-13-7-3-8-14-21)22-15-9-4-10-16-22/h2-16,19,23H,17-18H2,1H3/t19-,23-/m0/s1. The van der Waals surface area contributed by atoms with Gasteiger partial charge < -0.3 is 9.47 Å². The summed E-state index contributed by atoms with van der Waals surface area (Å²) in [6.45, 7) is 2.15. The monoisotopic (exact) mass is 372 g/mol. The van der Waals surface area contributed by atoms with Gasteiger partial charge in [-0.25, -0.2) is 0 Å². The average molecular weight is 372 g/mol. The minimum atomic E-state index is -0.776. The zero-order valence-corrected chi connectivity index (χ0v) is 16.0. The Morgan fingerprint density at radius 2 is 1.25 bits per heavy atom. The van der Waals surface area contributed by atoms with E-state index in [4.69, 9.17) is 9.47 Å². The highest BCUT2D eigenvalue weighted by atomic mass is 16.6. The van der Waals surface area contributed by atoms with Gasteiger partial charge in [-0.1, -0.05) is 91.0 Å². The fourth-order valence-corrected chi connectivity index (χ4v) is 3.89. The van der Waals surface area contributed by atoms with Crippen LogP contribution in [-0.4, -0.2) is 24.6 Å². The van der Waals surface area contributed by atoms with E-state index in [1.807, 2.05) is 54.6 Å². The maximum absolute atomic E-state index is 11.9. The van der Waals surface area contributed by atoms with Gasteiger partial charge in [-0.3, -0.25) is 4.79 Å². The molecule has 28 heavy (non-hydrogen) atoms. The van der Waals surface area contributed by atoms with Gasteiger partial charge in [0, 0.05) is 6.42 Å². The first-order valence-corrected chi connectivity index (χ1v) is 9.69. The fourth-order valence-electron chi connectivity index (χ4n) is 3.89. The Balaban J connectivity index is 1.80. The molecule has 1 saturated heterocycles. The van der Waals surface area contributed by atoms with Gasteiger partial charge in [0.15, 0.2) is 5.78 Å². The van der Waals surface area contributed by atoms with Crippen LogP contribution in [0.3, 0.4) is 0 Å². The van der Waals surface area contributed by atoms with Crippen molar-refractivity contribution in [3.05, 3.63) is 108 Å². The molecule has 3 aromatic carbocycles. The second kappa shape index (κ2) is 8.09. The van der Waals surface area contributed by atoms with Crippen LogP contribution >= 0.6 is 0 Å². The van der Waals surface area contributed by atoms with Crippen LogP contribution in [0, 0.1) is 0 Å². The molecule has 0 N–H and O–H groups in total. The van der Waals surface area contributed by atoms with Gasteiger partial charge in [0.2, 0.25) is 0 Å². The number of ether oxygens (including phenoxy) is 2. The number of ketones is 1. The predicted octanol–water partition coefficient (Wildman–Crippen LogP) is 4.74. The highest BCUT2D eigenvalue weighted by Gasteiger charge is 2.39. The molecular weight excluding hydrogens is 348 g/mol. The lowest BCUT2D eigenvalue weighted by atomic mass is 9.80. The molecule has 1 heterocycles. The molecule has 3 nitrogen and oxygen atoms in total. The number of rotatable bonds is 6. The third-order valence-corrected chi connectivity index (χ3v) is 5.31. The third kappa shape index (κ3) is 3.51. The second-order valence-corrected chi connectivity index (χ2v) is 7.16. The summed E-state index contributed by atoms with van der Waals surface area (Å²) in [5.74, 6) is 0.137. The minimum Gasteiger partial charge on any atom is -0.365 e. The van der Waals surface area contributed by atoms with Gasteiger partial charge in [-0.05, 0) is 23.6 Å². The maximum atomic E-state index is 11.9. The molecule has 1 aliphatic rings. The van der Waals surface area contributed by atoms with E-state index in [0.717, 1.165) is 16.7 Å². The fraction of sp³-hybridized carbons (Fsp3) is 0.240. The number of carbonyl (C=O) groups is 1. The van der Waals surface area contributed by atoms with Crippen LogP contribution in [0.1, 0.15) is 30.0 Å². The molecule has 0 amide bonds. The number of benzene rings is 3. The first kappa shape index (κ1) is 18.6. The quantitative estimate of drug-likeness (QED) is 0.586. The molecule has 4 rings (SSSR count). The van der Waals surface area contributed by atoms with Gasteiger partial charge >= 0.3 is 0 Å². The van der Waals surface area contributed by atoms with E-state index in [-0.39, 0.29) is 18.0 Å². The van der Waals surface area contributed by atoms with Gasteiger partial charge in [-0.2, -0.15) is 0 Å². The summed E-state index contributed by atoms with van der Waals surface area (Å²) in [6.07, 6.45) is -0.179. The molecule has 0 aliphatic carbocycles. The molecule has 1 fully saturated rings. The topological polar surface area (TPSA) is 35.5 Å². The summed E-state index contributed by atoms with van der Waals surface area (Å²) in [7, 11) is 0. The molecule has 2 atom stereocenters. The van der Waals surface area contributed by atoms with Crippen LogP contribution in [-0.2, 0) is 19.9 Å². The van der Waals surface area contributed by atoms with E-state index in [1.165, 1.54) is 0 Å². The zero-order chi connectivity index (χ0) is 19.4. The van der Waals surface area contributed by atoms with Crippen LogP contribution < -0.4 is 0 Å². The molecule has 0 spiro atoms. The summed E-state index contributed by atoms with van der Waals surface area (Å²) in [5, 5.41) is 0. The van der Waals surface area contributed by atoms with Crippen LogP contribution in [0.2, 0.25) is 0 Å². The Morgan fingerprint density at radius 1 is 0.821 bits per heavy atom. The minimum absolute atomic E-state index is 0.137. The molecule has 142 valence electrons. The lowest BCUT2D eigenvalue weighted by Crippen LogP contribution is -2.35. The number of hydrogen-bond acceptors (Lipinski definition) is 3. The summed E-state index contributed by atoms with van der Waals surface area (Å²) in [6, 6.07) is 30.7. The van der Waals surface area contributed by atoms with E-state index in [9.17, 15) is 4.79 Å². The van der Waals surface area contributed by atoms with Crippen molar-refractivity contribution in [2.75, 3.05) is 6.61 Å². The summed E-state index contributed by atoms with van der Waals surface area (Å²) in [4.78, 5) is 11.9. The smallest absolute Gasteiger partial charge is 0.163 e. The summed E-state index contributed by atoms with van der Waals surface area (Å²) < 4.78 is 12.5. The van der Waals surface area contributed by atoms with E-state index in [1.54, 1.807) is 6.92 Å². The average Bonchev–Trinajstić information content (AvgIpc) is 3.08. The number of carbonyl (C=O) groups excluding carboxylic acids is 1. The van der Waals surface area contributed by atoms with Crippen molar-refractivity contribution < 1.29 is 14.3 Å². The first-order chi connectivity index (χ1) is 13.7. The van der Waals surface area contributed by atoms with E-state index in [0.29, 0.717) is 13.0 Å². The van der Waals surface area contributed by atoms with Crippen molar-refractivity contribution in [1.29, 1.82) is 0 Å². The molecule has 0 unspecified atom stereocenters. The highest BCUT2D eigenvalue weighted by molar-refractivity contribution is 5.84. The lowest BCUT2D eigenvalue weighted by molar-refractivity contribution is -0.122. The Hall–Kier alpha value is -2.75. The van der Waals surface area contributed by atoms with Gasteiger partial charge in [0.25, 0.3) is 0 Å². The van der Waals surface area contributed by atoms with E-state index in [2.05, 4.69) is 36.4 Å². The van der Waals surface area contributed by atoms with Crippen LogP contribution in [0.5, 0.6) is 0 Å². The molecule has 3 aromatic rings. The van der Waals surface area contributed by atoms with Crippen molar-refractivity contribution >= 4 is 5.78 Å². The molecular formula is C25H24O3.